The molecule has 0 aromatic carbocycles. The van der Waals surface area contributed by atoms with Crippen molar-refractivity contribution in [2.75, 3.05) is 5.75 Å². The molecule has 3 N–H and O–H groups in total. The van der Waals surface area contributed by atoms with Gasteiger partial charge in [-0.15, -0.1) is 11.8 Å². The molecule has 6 heteroatoms. The zero-order chi connectivity index (χ0) is 9.68. The van der Waals surface area contributed by atoms with Crippen molar-refractivity contribution >= 4 is 17.7 Å². The van der Waals surface area contributed by atoms with Crippen LogP contribution in [0.2, 0.25) is 0 Å². The first-order valence-corrected chi connectivity index (χ1v) is 4.89. The minimum atomic E-state index is -0.965. The number of thioether (sulfide) groups is 1. The smallest absolute Gasteiger partial charge is 0.321 e. The Hall–Kier alpha value is -1.01. The van der Waals surface area contributed by atoms with Crippen molar-refractivity contribution in [3.8, 4) is 0 Å². The van der Waals surface area contributed by atoms with Crippen molar-refractivity contribution in [2.24, 2.45) is 5.73 Å². The Kier molecular flexibility index (Phi) is 3.78. The average molecular weight is 201 g/mol. The number of rotatable bonds is 5. The van der Waals surface area contributed by atoms with Crippen molar-refractivity contribution < 1.29 is 9.90 Å². The molecule has 1 heterocycles. The highest BCUT2D eigenvalue weighted by Crippen LogP contribution is 2.04. The number of carboxylic acid groups (broad SMARTS) is 1. The van der Waals surface area contributed by atoms with E-state index in [-0.39, 0.29) is 0 Å². The third-order valence-corrected chi connectivity index (χ3v) is 2.44. The van der Waals surface area contributed by atoms with E-state index in [2.05, 4.69) is 5.10 Å². The first-order chi connectivity index (χ1) is 6.20. The van der Waals surface area contributed by atoms with Crippen LogP contribution in [0.4, 0.5) is 0 Å². The Labute approximate surface area is 79.9 Å². The lowest BCUT2D eigenvalue weighted by Gasteiger charge is -2.05. The number of nitrogens with zero attached hydrogens (tertiary/aromatic N) is 2. The number of hydrogen-bond acceptors (Lipinski definition) is 4. The van der Waals surface area contributed by atoms with Gasteiger partial charge in [0.2, 0.25) is 0 Å². The molecule has 0 fully saturated rings. The van der Waals surface area contributed by atoms with Gasteiger partial charge in [-0.1, -0.05) is 0 Å². The Bertz CT molecular complexity index is 263. The zero-order valence-electron chi connectivity index (χ0n) is 6.96. The highest BCUT2D eigenvalue weighted by Gasteiger charge is 2.10. The van der Waals surface area contributed by atoms with E-state index in [1.54, 1.807) is 10.9 Å². The number of carbonyl (C=O) groups is 1. The maximum absolute atomic E-state index is 10.3. The molecule has 72 valence electrons. The molecular weight excluding hydrogens is 190 g/mol. The van der Waals surface area contributed by atoms with Crippen LogP contribution in [0.15, 0.2) is 18.5 Å². The number of nitrogens with two attached hydrogens (primary N) is 1. The van der Waals surface area contributed by atoms with Gasteiger partial charge >= 0.3 is 5.97 Å². The zero-order valence-corrected chi connectivity index (χ0v) is 7.78. The molecule has 13 heavy (non-hydrogen) atoms. The Balaban J connectivity index is 2.18. The molecule has 1 atom stereocenters. The van der Waals surface area contributed by atoms with Gasteiger partial charge in [0.1, 0.15) is 6.04 Å². The summed E-state index contributed by atoms with van der Waals surface area (Å²) in [5.74, 6) is 0.0661. The molecular formula is C7H11N3O2S. The SMILES string of the molecule is N[C@@H](CSCn1cccn1)C(=O)O. The van der Waals surface area contributed by atoms with Crippen molar-refractivity contribution in [1.29, 1.82) is 0 Å². The van der Waals surface area contributed by atoms with Gasteiger partial charge in [-0.2, -0.15) is 5.10 Å². The highest BCUT2D eigenvalue weighted by molar-refractivity contribution is 7.98. The third-order valence-electron chi connectivity index (χ3n) is 1.40. The normalized spacial score (nSPS) is 12.7. The Morgan fingerprint density at radius 1 is 1.77 bits per heavy atom. The maximum atomic E-state index is 10.3. The van der Waals surface area contributed by atoms with Crippen LogP contribution < -0.4 is 5.73 Å². The van der Waals surface area contributed by atoms with Gasteiger partial charge in [-0.3, -0.25) is 9.48 Å². The van der Waals surface area contributed by atoms with E-state index in [1.165, 1.54) is 11.8 Å². The molecule has 1 rings (SSSR count). The van der Waals surface area contributed by atoms with Gasteiger partial charge < -0.3 is 10.8 Å². The summed E-state index contributed by atoms with van der Waals surface area (Å²) in [5.41, 5.74) is 5.31. The van der Waals surface area contributed by atoms with Crippen LogP contribution >= 0.6 is 11.8 Å². The van der Waals surface area contributed by atoms with E-state index in [0.717, 1.165) is 0 Å². The largest absolute Gasteiger partial charge is 0.480 e. The number of aliphatic carboxylic acids is 1. The lowest BCUT2D eigenvalue weighted by atomic mass is 10.4. The second-order valence-electron chi connectivity index (χ2n) is 2.49. The standard InChI is InChI=1S/C7H11N3O2S/c8-6(7(11)12)4-13-5-10-3-1-2-9-10/h1-3,6H,4-5,8H2,(H,11,12)/t6-/m0/s1. The summed E-state index contributed by atoms with van der Waals surface area (Å²) in [6.07, 6.45) is 3.50. The quantitative estimate of drug-likeness (QED) is 0.700. The molecule has 0 aliphatic heterocycles. The predicted molar refractivity (Wildman–Crippen MR) is 50.3 cm³/mol. The van der Waals surface area contributed by atoms with E-state index in [0.29, 0.717) is 11.6 Å². The lowest BCUT2D eigenvalue weighted by Crippen LogP contribution is -2.32. The molecule has 1 aromatic heterocycles. The molecule has 1 aromatic rings. The number of hydrogen-bond donors (Lipinski definition) is 2. The third kappa shape index (κ3) is 3.47. The van der Waals surface area contributed by atoms with Crippen LogP contribution in [0.3, 0.4) is 0 Å². The topological polar surface area (TPSA) is 81.1 Å². The summed E-state index contributed by atoms with van der Waals surface area (Å²) in [6, 6.07) is 1.03. The summed E-state index contributed by atoms with van der Waals surface area (Å²) in [7, 11) is 0. The van der Waals surface area contributed by atoms with Gasteiger partial charge in [0.05, 0.1) is 5.88 Å². The predicted octanol–water partition coefficient (Wildman–Crippen LogP) is -0.0143. The molecule has 0 unspecified atom stereocenters. The summed E-state index contributed by atoms with van der Waals surface area (Å²) in [5, 5.41) is 12.4. The summed E-state index contributed by atoms with van der Waals surface area (Å²) in [4.78, 5) is 10.3. The average Bonchev–Trinajstić information content (AvgIpc) is 2.56. The minimum absolute atomic E-state index is 0.398. The monoisotopic (exact) mass is 201 g/mol. The van der Waals surface area contributed by atoms with Crippen molar-refractivity contribution in [3.05, 3.63) is 18.5 Å². The fourth-order valence-corrected chi connectivity index (χ4v) is 1.56. The maximum Gasteiger partial charge on any atom is 0.321 e. The summed E-state index contributed by atoms with van der Waals surface area (Å²) < 4.78 is 1.72. The van der Waals surface area contributed by atoms with Gasteiger partial charge in [-0.05, 0) is 6.07 Å². The van der Waals surface area contributed by atoms with Crippen LogP contribution in [-0.4, -0.2) is 32.7 Å². The van der Waals surface area contributed by atoms with Crippen LogP contribution in [0, 0.1) is 0 Å². The van der Waals surface area contributed by atoms with E-state index in [4.69, 9.17) is 10.8 Å². The Morgan fingerprint density at radius 2 is 2.54 bits per heavy atom. The van der Waals surface area contributed by atoms with Gasteiger partial charge in [0, 0.05) is 18.1 Å². The highest BCUT2D eigenvalue weighted by atomic mass is 32.2. The molecule has 0 saturated carbocycles. The fraction of sp³-hybridized carbons (Fsp3) is 0.429. The van der Waals surface area contributed by atoms with Gasteiger partial charge in [-0.25, -0.2) is 0 Å². The first-order valence-electron chi connectivity index (χ1n) is 3.73. The number of aromatic nitrogens is 2. The lowest BCUT2D eigenvalue weighted by molar-refractivity contribution is -0.137. The molecule has 0 amide bonds. The fourth-order valence-electron chi connectivity index (χ4n) is 0.721. The molecule has 0 spiro atoms. The van der Waals surface area contributed by atoms with Gasteiger partial charge in [0.15, 0.2) is 0 Å². The molecule has 0 radical (unpaired) electrons. The van der Waals surface area contributed by atoms with E-state index < -0.39 is 12.0 Å². The van der Waals surface area contributed by atoms with Crippen LogP contribution in [0.25, 0.3) is 0 Å². The Morgan fingerprint density at radius 3 is 3.08 bits per heavy atom. The van der Waals surface area contributed by atoms with Crippen molar-refractivity contribution in [1.82, 2.24) is 9.78 Å². The summed E-state index contributed by atoms with van der Waals surface area (Å²) in [6.45, 7) is 0. The van der Waals surface area contributed by atoms with Crippen LogP contribution in [-0.2, 0) is 10.7 Å². The molecule has 0 aliphatic carbocycles. The number of carboxylic acids is 1. The van der Waals surface area contributed by atoms with E-state index in [1.807, 2.05) is 12.3 Å². The first kappa shape index (κ1) is 10.1. The molecule has 0 bridgehead atoms. The molecule has 5 nitrogen and oxygen atoms in total. The van der Waals surface area contributed by atoms with Crippen LogP contribution in [0.5, 0.6) is 0 Å². The van der Waals surface area contributed by atoms with Gasteiger partial charge in [0.25, 0.3) is 0 Å². The second-order valence-corrected chi connectivity index (χ2v) is 3.49. The van der Waals surface area contributed by atoms with Crippen LogP contribution in [0.1, 0.15) is 0 Å². The van der Waals surface area contributed by atoms with E-state index in [9.17, 15) is 4.79 Å². The summed E-state index contributed by atoms with van der Waals surface area (Å²) >= 11 is 1.44. The molecule has 0 aliphatic rings. The second kappa shape index (κ2) is 4.88. The van der Waals surface area contributed by atoms with Crippen molar-refractivity contribution in [2.45, 2.75) is 11.9 Å². The molecule has 0 saturated heterocycles. The minimum Gasteiger partial charge on any atom is -0.480 e. The van der Waals surface area contributed by atoms with Crippen molar-refractivity contribution in [3.63, 3.8) is 0 Å². The van der Waals surface area contributed by atoms with E-state index >= 15 is 0 Å².